The number of anilines is 1. The maximum absolute atomic E-state index is 12.7. The van der Waals surface area contributed by atoms with Crippen molar-refractivity contribution in [2.24, 2.45) is 0 Å². The van der Waals surface area contributed by atoms with Gasteiger partial charge in [0.05, 0.1) is 19.2 Å². The van der Waals surface area contributed by atoms with Crippen molar-refractivity contribution < 1.29 is 19.1 Å². The molecule has 7 heteroatoms. The van der Waals surface area contributed by atoms with Crippen molar-refractivity contribution in [2.45, 2.75) is 25.4 Å². The Labute approximate surface area is 162 Å². The van der Waals surface area contributed by atoms with E-state index in [0.717, 1.165) is 16.9 Å². The lowest BCUT2D eigenvalue weighted by Gasteiger charge is -2.29. The molecule has 0 aromatic heterocycles. The molecule has 1 unspecified atom stereocenters. The van der Waals surface area contributed by atoms with Gasteiger partial charge >= 0.3 is 6.03 Å². The zero-order valence-corrected chi connectivity index (χ0v) is 15.6. The third-order valence-corrected chi connectivity index (χ3v) is 5.21. The first kappa shape index (κ1) is 18.0. The van der Waals surface area contributed by atoms with E-state index in [9.17, 15) is 14.4 Å². The average Bonchev–Trinajstić information content (AvgIpc) is 3.00. The fraction of sp³-hybridized carbons (Fsp3) is 0.286. The number of nitrogens with one attached hydrogen (secondary N) is 1. The number of hydrogen-bond acceptors (Lipinski definition) is 4. The lowest BCUT2D eigenvalue weighted by atomic mass is 9.99. The summed E-state index contributed by atoms with van der Waals surface area (Å²) in [7, 11) is 1.54. The molecule has 2 aromatic rings. The van der Waals surface area contributed by atoms with E-state index in [1.807, 2.05) is 18.2 Å². The predicted octanol–water partition coefficient (Wildman–Crippen LogP) is 2.09. The zero-order chi connectivity index (χ0) is 19.7. The molecule has 0 bridgehead atoms. The molecular weight excluding hydrogens is 358 g/mol. The summed E-state index contributed by atoms with van der Waals surface area (Å²) in [5.74, 6) is 0.0820. The van der Waals surface area contributed by atoms with Crippen LogP contribution in [-0.4, -0.2) is 42.4 Å². The molecule has 2 aliphatic rings. The molecule has 2 aliphatic heterocycles. The Morgan fingerprint density at radius 1 is 1.11 bits per heavy atom. The highest BCUT2D eigenvalue weighted by Crippen LogP contribution is 2.24. The number of rotatable bonds is 4. The summed E-state index contributed by atoms with van der Waals surface area (Å²) in [5.41, 5.74) is 2.83. The minimum absolute atomic E-state index is 0.0423. The number of ether oxygens (including phenoxy) is 1. The van der Waals surface area contributed by atoms with E-state index in [-0.39, 0.29) is 12.3 Å². The highest BCUT2D eigenvalue weighted by atomic mass is 16.5. The first-order valence-corrected chi connectivity index (χ1v) is 9.20. The first-order valence-electron chi connectivity index (χ1n) is 9.20. The van der Waals surface area contributed by atoms with E-state index in [1.54, 1.807) is 36.3 Å². The second-order valence-electron chi connectivity index (χ2n) is 6.91. The van der Waals surface area contributed by atoms with Crippen LogP contribution in [0.4, 0.5) is 10.5 Å². The Bertz CT molecular complexity index is 926. The molecule has 1 N–H and O–H groups in total. The summed E-state index contributed by atoms with van der Waals surface area (Å²) in [4.78, 5) is 40.6. The fourth-order valence-corrected chi connectivity index (χ4v) is 3.66. The number of urea groups is 1. The summed E-state index contributed by atoms with van der Waals surface area (Å²) in [6, 6.07) is 13.3. The molecule has 1 saturated heterocycles. The van der Waals surface area contributed by atoms with Gasteiger partial charge in [-0.15, -0.1) is 0 Å². The highest BCUT2D eigenvalue weighted by Gasteiger charge is 2.40. The van der Waals surface area contributed by atoms with Gasteiger partial charge in [0.25, 0.3) is 5.91 Å². The minimum Gasteiger partial charge on any atom is -0.497 e. The Morgan fingerprint density at radius 2 is 1.82 bits per heavy atom. The van der Waals surface area contributed by atoms with E-state index in [4.69, 9.17) is 4.74 Å². The summed E-state index contributed by atoms with van der Waals surface area (Å²) in [6.07, 6.45) is 0.754. The number of nitrogens with zero attached hydrogens (tertiary/aromatic N) is 2. The second kappa shape index (κ2) is 7.34. The van der Waals surface area contributed by atoms with Crippen molar-refractivity contribution in [1.82, 2.24) is 10.2 Å². The van der Waals surface area contributed by atoms with E-state index in [0.29, 0.717) is 24.5 Å². The molecule has 0 saturated carbocycles. The van der Waals surface area contributed by atoms with Gasteiger partial charge in [0.15, 0.2) is 0 Å². The molecule has 4 amide bonds. The van der Waals surface area contributed by atoms with Crippen LogP contribution in [0.1, 0.15) is 17.5 Å². The molecule has 0 aliphatic carbocycles. The van der Waals surface area contributed by atoms with Gasteiger partial charge in [0, 0.05) is 13.1 Å². The summed E-state index contributed by atoms with van der Waals surface area (Å²) in [6.45, 7) is 1.15. The molecule has 0 spiro atoms. The van der Waals surface area contributed by atoms with Gasteiger partial charge in [0.1, 0.15) is 11.8 Å². The molecule has 7 nitrogen and oxygen atoms in total. The molecule has 0 radical (unpaired) electrons. The quantitative estimate of drug-likeness (QED) is 0.825. The van der Waals surface area contributed by atoms with Crippen molar-refractivity contribution in [2.75, 3.05) is 18.6 Å². The average molecular weight is 379 g/mol. The van der Waals surface area contributed by atoms with Crippen molar-refractivity contribution >= 4 is 23.5 Å². The number of carbonyl (C=O) groups is 3. The van der Waals surface area contributed by atoms with Gasteiger partial charge in [0.2, 0.25) is 5.91 Å². The molecule has 4 rings (SSSR count). The largest absolute Gasteiger partial charge is 0.497 e. The number of amides is 4. The highest BCUT2D eigenvalue weighted by molar-refractivity contribution is 6.22. The summed E-state index contributed by atoms with van der Waals surface area (Å²) >= 11 is 0. The number of imide groups is 1. The number of carbonyl (C=O) groups excluding carboxylic acids is 3. The van der Waals surface area contributed by atoms with Crippen LogP contribution < -0.4 is 15.0 Å². The normalized spacial score (nSPS) is 18.7. The molecule has 144 valence electrons. The molecule has 1 fully saturated rings. The van der Waals surface area contributed by atoms with Crippen LogP contribution in [0.15, 0.2) is 48.5 Å². The standard InChI is InChI=1S/C21H21N3O4/c1-28-17-8-6-16(7-9-17)24-20(26)18(22-21(24)27)12-19(25)23-11-10-14-4-2-3-5-15(14)13-23/h2-9,18H,10-13H2,1H3,(H,22,27). The van der Waals surface area contributed by atoms with E-state index < -0.39 is 18.0 Å². The van der Waals surface area contributed by atoms with E-state index in [2.05, 4.69) is 11.4 Å². The van der Waals surface area contributed by atoms with E-state index in [1.165, 1.54) is 5.56 Å². The predicted molar refractivity (Wildman–Crippen MR) is 103 cm³/mol. The van der Waals surface area contributed by atoms with Crippen molar-refractivity contribution in [3.8, 4) is 5.75 Å². The van der Waals surface area contributed by atoms with Crippen molar-refractivity contribution in [3.05, 3.63) is 59.7 Å². The van der Waals surface area contributed by atoms with Crippen LogP contribution >= 0.6 is 0 Å². The third kappa shape index (κ3) is 3.31. The maximum atomic E-state index is 12.7. The Morgan fingerprint density at radius 3 is 2.54 bits per heavy atom. The van der Waals surface area contributed by atoms with Gasteiger partial charge in [-0.3, -0.25) is 9.59 Å². The lowest BCUT2D eigenvalue weighted by molar-refractivity contribution is -0.134. The lowest BCUT2D eigenvalue weighted by Crippen LogP contribution is -2.41. The Kier molecular flexibility index (Phi) is 4.73. The van der Waals surface area contributed by atoms with Crippen LogP contribution in [0, 0.1) is 0 Å². The zero-order valence-electron chi connectivity index (χ0n) is 15.6. The number of fused-ring (bicyclic) bond motifs is 1. The van der Waals surface area contributed by atoms with Crippen LogP contribution in [0.5, 0.6) is 5.75 Å². The SMILES string of the molecule is COc1ccc(N2C(=O)NC(CC(=O)N3CCc4ccccc4C3)C2=O)cc1. The molecule has 1 atom stereocenters. The third-order valence-electron chi connectivity index (χ3n) is 5.21. The van der Waals surface area contributed by atoms with Gasteiger partial charge in [-0.25, -0.2) is 9.69 Å². The molecule has 2 heterocycles. The van der Waals surface area contributed by atoms with Crippen LogP contribution in [0.2, 0.25) is 0 Å². The van der Waals surface area contributed by atoms with Gasteiger partial charge in [-0.05, 0) is 41.8 Å². The fourth-order valence-electron chi connectivity index (χ4n) is 3.66. The van der Waals surface area contributed by atoms with E-state index >= 15 is 0 Å². The number of hydrogen-bond donors (Lipinski definition) is 1. The monoisotopic (exact) mass is 379 g/mol. The van der Waals surface area contributed by atoms with Crippen LogP contribution in [0.25, 0.3) is 0 Å². The Hall–Kier alpha value is -3.35. The van der Waals surface area contributed by atoms with Crippen LogP contribution in [0.3, 0.4) is 0 Å². The molecule has 2 aromatic carbocycles. The minimum atomic E-state index is -0.848. The van der Waals surface area contributed by atoms with Gasteiger partial charge in [-0.1, -0.05) is 24.3 Å². The Balaban J connectivity index is 1.43. The van der Waals surface area contributed by atoms with Gasteiger partial charge < -0.3 is 15.0 Å². The topological polar surface area (TPSA) is 79.0 Å². The van der Waals surface area contributed by atoms with Gasteiger partial charge in [-0.2, -0.15) is 0 Å². The molecule has 28 heavy (non-hydrogen) atoms. The van der Waals surface area contributed by atoms with Crippen molar-refractivity contribution in [1.29, 1.82) is 0 Å². The second-order valence-corrected chi connectivity index (χ2v) is 6.91. The number of methoxy groups -OCH3 is 1. The van der Waals surface area contributed by atoms with Crippen LogP contribution in [-0.2, 0) is 22.6 Å². The molecular formula is C21H21N3O4. The maximum Gasteiger partial charge on any atom is 0.329 e. The van der Waals surface area contributed by atoms with Crippen molar-refractivity contribution in [3.63, 3.8) is 0 Å². The summed E-state index contributed by atoms with van der Waals surface area (Å²) < 4.78 is 5.10. The smallest absolute Gasteiger partial charge is 0.329 e. The first-order chi connectivity index (χ1) is 13.6. The summed E-state index contributed by atoms with van der Waals surface area (Å²) in [5, 5.41) is 2.63. The number of benzene rings is 2.